The van der Waals surface area contributed by atoms with Gasteiger partial charge in [-0.3, -0.25) is 28.8 Å². The molecule has 0 spiro atoms. The van der Waals surface area contributed by atoms with E-state index in [1.165, 1.54) is 38.1 Å². The lowest BCUT2D eigenvalue weighted by Gasteiger charge is -2.19. The van der Waals surface area contributed by atoms with E-state index in [-0.39, 0.29) is 32.5 Å². The summed E-state index contributed by atoms with van der Waals surface area (Å²) in [6.07, 6.45) is 0.795. The first-order valence-corrected chi connectivity index (χ1v) is 19.5. The van der Waals surface area contributed by atoms with Crippen molar-refractivity contribution < 1.29 is 28.8 Å². The largest absolute Gasteiger partial charge is 0.324 e. The van der Waals surface area contributed by atoms with E-state index in [2.05, 4.69) is 41.7 Å². The Kier molecular flexibility index (Phi) is 15.2. The topological polar surface area (TPSA) is 200 Å². The van der Waals surface area contributed by atoms with Gasteiger partial charge in [0.25, 0.3) is 23.6 Å². The number of aryl methyl sites for hydroxylation is 2. The molecule has 2 atom stereocenters. The zero-order valence-electron chi connectivity index (χ0n) is 33.0. The molecule has 0 aliphatic heterocycles. The number of carbonyl (C=O) groups is 6. The molecule has 0 bridgehead atoms. The quantitative estimate of drug-likeness (QED) is 0.0562. The maximum Gasteiger partial charge on any atom is 0.258 e. The highest BCUT2D eigenvalue weighted by molar-refractivity contribution is 6.37. The van der Waals surface area contributed by atoms with Crippen LogP contribution in [0, 0.1) is 0 Å². The molecule has 4 amide bonds. The van der Waals surface area contributed by atoms with Crippen LogP contribution in [0.4, 0.5) is 34.1 Å². The van der Waals surface area contributed by atoms with Crippen molar-refractivity contribution in [3.63, 3.8) is 0 Å². The molecule has 2 unspecified atom stereocenters. The number of amides is 4. The molecule has 0 saturated carbocycles. The predicted octanol–water partition coefficient (Wildman–Crippen LogP) is 9.98. The third kappa shape index (κ3) is 11.2. The van der Waals surface area contributed by atoms with Crippen LogP contribution in [0.15, 0.2) is 130 Å². The molecule has 5 aromatic carbocycles. The van der Waals surface area contributed by atoms with Crippen molar-refractivity contribution in [3.8, 4) is 0 Å². The number of Topliss-reactive ketones (excluding diaryl/α,β-unsaturated/α-hetero) is 2. The number of halogens is 2. The zero-order valence-corrected chi connectivity index (χ0v) is 34.5. The van der Waals surface area contributed by atoms with Gasteiger partial charge in [0.15, 0.2) is 11.6 Å². The molecular weight excluding hydrogens is 807 g/mol. The number of rotatable bonds is 16. The number of azo groups is 2. The lowest BCUT2D eigenvalue weighted by Crippen LogP contribution is -2.33. The Balaban J connectivity index is 1.31. The Bertz CT molecular complexity index is 2470. The van der Waals surface area contributed by atoms with Crippen molar-refractivity contribution in [1.82, 2.24) is 0 Å². The van der Waals surface area contributed by atoms with Crippen LogP contribution in [-0.2, 0) is 32.0 Å². The Morgan fingerprint density at radius 3 is 1.30 bits per heavy atom. The molecule has 5 aromatic rings. The molecule has 0 radical (unpaired) electrons. The van der Waals surface area contributed by atoms with E-state index < -0.39 is 47.3 Å². The fourth-order valence-electron chi connectivity index (χ4n) is 5.82. The van der Waals surface area contributed by atoms with Crippen molar-refractivity contribution >= 4 is 92.5 Å². The van der Waals surface area contributed by atoms with Gasteiger partial charge in [-0.25, -0.2) is 0 Å². The molecule has 0 aromatic heterocycles. The minimum absolute atomic E-state index is 0.0216. The van der Waals surface area contributed by atoms with Crippen LogP contribution in [0.1, 0.15) is 59.5 Å². The van der Waals surface area contributed by atoms with Crippen molar-refractivity contribution in [3.05, 3.63) is 141 Å². The van der Waals surface area contributed by atoms with E-state index in [0.717, 1.165) is 0 Å². The summed E-state index contributed by atoms with van der Waals surface area (Å²) in [6, 6.07) is 26.8. The summed E-state index contributed by atoms with van der Waals surface area (Å²) in [5.41, 5.74) is 3.45. The number of nitrogens with one attached hydrogen (secondary N) is 4. The van der Waals surface area contributed by atoms with Crippen LogP contribution in [0.3, 0.4) is 0 Å². The maximum absolute atomic E-state index is 13.6. The molecular formula is C44H40Cl2N8O6. The van der Waals surface area contributed by atoms with Gasteiger partial charge in [-0.05, 0) is 98.5 Å². The van der Waals surface area contributed by atoms with Crippen LogP contribution in [0.25, 0.3) is 0 Å². The SMILES string of the molecule is CCc1cc(NC(=O)C(N=Nc2cccc(C(=O)Nc3ccccc3)c2Cl)C(C)=O)cc(CC)c1NC(=O)C(N=Nc1cccc(C(=O)Nc2ccccc2)c1Cl)C(C)=O. The Hall–Kier alpha value is -6.90. The first kappa shape index (κ1) is 44.2. The normalized spacial score (nSPS) is 12.1. The van der Waals surface area contributed by atoms with E-state index in [1.54, 1.807) is 72.8 Å². The molecule has 14 nitrogen and oxygen atoms in total. The van der Waals surface area contributed by atoms with Crippen LogP contribution >= 0.6 is 23.2 Å². The highest BCUT2D eigenvalue weighted by Gasteiger charge is 2.27. The summed E-state index contributed by atoms with van der Waals surface area (Å²) >= 11 is 13.0. The summed E-state index contributed by atoms with van der Waals surface area (Å²) in [7, 11) is 0. The highest BCUT2D eigenvalue weighted by atomic mass is 35.5. The van der Waals surface area contributed by atoms with Crippen molar-refractivity contribution in [2.45, 2.75) is 52.6 Å². The Labute approximate surface area is 355 Å². The summed E-state index contributed by atoms with van der Waals surface area (Å²) < 4.78 is 0. The average molecular weight is 848 g/mol. The third-order valence-corrected chi connectivity index (χ3v) is 9.71. The number of para-hydroxylation sites is 2. The summed E-state index contributed by atoms with van der Waals surface area (Å²) in [5, 5.41) is 27.2. The second-order valence-corrected chi connectivity index (χ2v) is 14.0. The first-order valence-electron chi connectivity index (χ1n) is 18.7. The monoisotopic (exact) mass is 846 g/mol. The van der Waals surface area contributed by atoms with Crippen molar-refractivity contribution in [1.29, 1.82) is 0 Å². The van der Waals surface area contributed by atoms with E-state index in [9.17, 15) is 28.8 Å². The minimum Gasteiger partial charge on any atom is -0.324 e. The smallest absolute Gasteiger partial charge is 0.258 e. The second kappa shape index (κ2) is 20.7. The molecule has 60 heavy (non-hydrogen) atoms. The standard InChI is InChI=1S/C44H40Cl2N8O6/c1-5-27-23-31(49-43(59)38(25(3)55)53-51-34-21-13-19-32(36(34)45)41(57)47-29-15-9-7-10-16-29)24-28(6-2)40(27)50-44(60)39(26(4)56)54-52-35-22-14-20-33(37(35)46)42(58)48-30-17-11-8-12-18-30/h7-24,38-39H,5-6H2,1-4H3,(H,47,57)(H,48,58)(H,49,59)(H,50,60). The number of hydrogen-bond acceptors (Lipinski definition) is 10. The number of ketones is 2. The molecule has 0 aliphatic rings. The van der Waals surface area contributed by atoms with E-state index >= 15 is 0 Å². The van der Waals surface area contributed by atoms with E-state index in [0.29, 0.717) is 46.7 Å². The zero-order chi connectivity index (χ0) is 43.3. The van der Waals surface area contributed by atoms with Crippen molar-refractivity contribution in [2.75, 3.05) is 21.3 Å². The summed E-state index contributed by atoms with van der Waals surface area (Å²) in [5.74, 6) is -3.72. The molecule has 0 heterocycles. The van der Waals surface area contributed by atoms with Crippen LogP contribution in [0.5, 0.6) is 0 Å². The summed E-state index contributed by atoms with van der Waals surface area (Å²) in [4.78, 5) is 78.3. The van der Waals surface area contributed by atoms with Gasteiger partial charge in [0.1, 0.15) is 11.4 Å². The van der Waals surface area contributed by atoms with Gasteiger partial charge in [-0.1, -0.05) is 85.6 Å². The average Bonchev–Trinajstić information content (AvgIpc) is 3.22. The van der Waals surface area contributed by atoms with Gasteiger partial charge in [0.05, 0.1) is 21.2 Å². The molecule has 4 N–H and O–H groups in total. The van der Waals surface area contributed by atoms with Gasteiger partial charge >= 0.3 is 0 Å². The third-order valence-electron chi connectivity index (χ3n) is 8.92. The Morgan fingerprint density at radius 2 is 0.917 bits per heavy atom. The lowest BCUT2D eigenvalue weighted by atomic mass is 10.0. The number of nitrogens with zero attached hydrogens (tertiary/aromatic N) is 4. The number of benzene rings is 5. The number of carbonyl (C=O) groups excluding carboxylic acids is 6. The minimum atomic E-state index is -1.56. The van der Waals surface area contributed by atoms with E-state index in [1.807, 2.05) is 26.0 Å². The van der Waals surface area contributed by atoms with Gasteiger partial charge in [0.2, 0.25) is 12.1 Å². The van der Waals surface area contributed by atoms with E-state index in [4.69, 9.17) is 23.2 Å². The molecule has 0 fully saturated rings. The lowest BCUT2D eigenvalue weighted by molar-refractivity contribution is -0.127. The molecule has 306 valence electrons. The van der Waals surface area contributed by atoms with Crippen LogP contribution in [0.2, 0.25) is 10.0 Å². The number of anilines is 4. The maximum atomic E-state index is 13.6. The van der Waals surface area contributed by atoms with Gasteiger partial charge in [-0.2, -0.15) is 20.5 Å². The van der Waals surface area contributed by atoms with Gasteiger partial charge in [0, 0.05) is 22.7 Å². The molecule has 0 saturated heterocycles. The fourth-order valence-corrected chi connectivity index (χ4v) is 6.32. The summed E-state index contributed by atoms with van der Waals surface area (Å²) in [6.45, 7) is 6.07. The van der Waals surface area contributed by atoms with Crippen LogP contribution in [-0.4, -0.2) is 47.3 Å². The molecule has 5 rings (SSSR count). The molecule has 16 heteroatoms. The second-order valence-electron chi connectivity index (χ2n) is 13.2. The van der Waals surface area contributed by atoms with Crippen LogP contribution < -0.4 is 21.3 Å². The first-order chi connectivity index (χ1) is 28.8. The Morgan fingerprint density at radius 1 is 0.517 bits per heavy atom. The predicted molar refractivity (Wildman–Crippen MR) is 232 cm³/mol. The van der Waals surface area contributed by atoms with Crippen molar-refractivity contribution in [2.24, 2.45) is 20.5 Å². The van der Waals surface area contributed by atoms with Gasteiger partial charge < -0.3 is 21.3 Å². The highest BCUT2D eigenvalue weighted by Crippen LogP contribution is 2.32. The fraction of sp³-hybridized carbons (Fsp3) is 0.182. The van der Waals surface area contributed by atoms with Gasteiger partial charge in [-0.15, -0.1) is 0 Å². The molecule has 0 aliphatic carbocycles. The number of hydrogen-bond donors (Lipinski definition) is 4.